The molecule has 6 nitrogen and oxygen atoms in total. The van der Waals surface area contributed by atoms with Gasteiger partial charge in [0.1, 0.15) is 11.2 Å². The lowest BCUT2D eigenvalue weighted by atomic mass is 9.63. The van der Waals surface area contributed by atoms with Crippen LogP contribution in [0, 0.1) is 22.6 Å². The minimum atomic E-state index is -1.26. The van der Waals surface area contributed by atoms with Gasteiger partial charge < -0.3 is 15.2 Å². The number of nitrogens with zero attached hydrogens (tertiary/aromatic N) is 3. The summed E-state index contributed by atoms with van der Waals surface area (Å²) in [7, 11) is 0. The molecule has 2 heterocycles. The van der Waals surface area contributed by atoms with Crippen molar-refractivity contribution >= 4 is 29.1 Å². The van der Waals surface area contributed by atoms with Crippen molar-refractivity contribution in [1.82, 2.24) is 20.2 Å². The third-order valence-corrected chi connectivity index (χ3v) is 7.67. The van der Waals surface area contributed by atoms with Gasteiger partial charge in [0.25, 0.3) is 0 Å². The standard InChI is InChI=1S/C29H32Cl2FN5O/c1-28(2,3)16-23-29(17-33,19-8-10-20(30)11-9-19)24(21-6-4-7-22(31)25(21)32)26(36-23)27(38)35-12-5-14-37-15-13-34-18-37/h4,6-11,13,15,18,23-24,26,36H,5,12,14,16H2,1-3H3,(H,35,38). The van der Waals surface area contributed by atoms with Crippen molar-refractivity contribution in [2.45, 2.75) is 63.6 Å². The minimum absolute atomic E-state index is 0.0517. The van der Waals surface area contributed by atoms with E-state index in [9.17, 15) is 10.1 Å². The Kier molecular flexibility index (Phi) is 8.46. The Labute approximate surface area is 233 Å². The van der Waals surface area contributed by atoms with E-state index in [4.69, 9.17) is 23.2 Å². The van der Waals surface area contributed by atoms with Gasteiger partial charge in [0, 0.05) is 42.5 Å². The summed E-state index contributed by atoms with van der Waals surface area (Å²) in [5.74, 6) is -1.75. The molecule has 200 valence electrons. The van der Waals surface area contributed by atoms with Crippen LogP contribution in [0.1, 0.15) is 50.7 Å². The predicted octanol–water partition coefficient (Wildman–Crippen LogP) is 5.86. The number of halogens is 3. The summed E-state index contributed by atoms with van der Waals surface area (Å²) in [4.78, 5) is 17.7. The SMILES string of the molecule is CC(C)(C)CC1NC(C(=O)NCCCn2ccnc2)C(c2cccc(Cl)c2F)C1(C#N)c1ccc(Cl)cc1. The zero-order valence-corrected chi connectivity index (χ0v) is 23.2. The molecule has 2 aromatic carbocycles. The van der Waals surface area contributed by atoms with Crippen LogP contribution in [0.15, 0.2) is 61.2 Å². The third kappa shape index (κ3) is 5.73. The van der Waals surface area contributed by atoms with Crippen LogP contribution in [0.4, 0.5) is 4.39 Å². The average Bonchev–Trinajstić information content (AvgIpc) is 3.49. The Morgan fingerprint density at radius 3 is 2.61 bits per heavy atom. The number of hydrogen-bond acceptors (Lipinski definition) is 4. The summed E-state index contributed by atoms with van der Waals surface area (Å²) in [6.07, 6.45) is 6.56. The van der Waals surface area contributed by atoms with Gasteiger partial charge in [0.15, 0.2) is 0 Å². The molecule has 9 heteroatoms. The molecule has 0 spiro atoms. The van der Waals surface area contributed by atoms with Gasteiger partial charge in [-0.15, -0.1) is 0 Å². The van der Waals surface area contributed by atoms with E-state index in [1.54, 1.807) is 48.9 Å². The van der Waals surface area contributed by atoms with E-state index in [1.807, 2.05) is 10.8 Å². The van der Waals surface area contributed by atoms with Gasteiger partial charge in [0.05, 0.1) is 23.5 Å². The zero-order chi connectivity index (χ0) is 27.5. The molecule has 1 aliphatic heterocycles. The molecule has 4 atom stereocenters. The molecule has 4 unspecified atom stereocenters. The molecule has 0 saturated carbocycles. The van der Waals surface area contributed by atoms with Crippen LogP contribution >= 0.6 is 23.2 Å². The number of imidazole rings is 1. The lowest BCUT2D eigenvalue weighted by Crippen LogP contribution is -2.46. The predicted molar refractivity (Wildman–Crippen MR) is 148 cm³/mol. The Hall–Kier alpha value is -2.92. The maximum atomic E-state index is 15.6. The quantitative estimate of drug-likeness (QED) is 0.341. The molecule has 1 amide bonds. The summed E-state index contributed by atoms with van der Waals surface area (Å²) >= 11 is 12.4. The Morgan fingerprint density at radius 1 is 1.24 bits per heavy atom. The summed E-state index contributed by atoms with van der Waals surface area (Å²) in [5.41, 5.74) is -0.537. The lowest BCUT2D eigenvalue weighted by Gasteiger charge is -2.37. The molecule has 0 bridgehead atoms. The number of hydrogen-bond donors (Lipinski definition) is 2. The maximum absolute atomic E-state index is 15.6. The van der Waals surface area contributed by atoms with Crippen LogP contribution in [0.2, 0.25) is 10.0 Å². The molecule has 1 aromatic heterocycles. The number of amides is 1. The third-order valence-electron chi connectivity index (χ3n) is 7.13. The Bertz CT molecular complexity index is 1300. The fourth-order valence-electron chi connectivity index (χ4n) is 5.49. The number of nitriles is 1. The van der Waals surface area contributed by atoms with Gasteiger partial charge in [-0.25, -0.2) is 9.37 Å². The fourth-order valence-corrected chi connectivity index (χ4v) is 5.80. The number of carbonyl (C=O) groups excluding carboxylic acids is 1. The van der Waals surface area contributed by atoms with Gasteiger partial charge in [-0.2, -0.15) is 5.26 Å². The van der Waals surface area contributed by atoms with Crippen LogP contribution in [0.5, 0.6) is 0 Å². The number of benzene rings is 2. The summed E-state index contributed by atoms with van der Waals surface area (Å²) in [5, 5.41) is 17.8. The van der Waals surface area contributed by atoms with E-state index >= 15 is 4.39 Å². The molecule has 1 saturated heterocycles. The molecule has 3 aromatic rings. The molecule has 0 aliphatic carbocycles. The number of aromatic nitrogens is 2. The van der Waals surface area contributed by atoms with Crippen LogP contribution in [-0.4, -0.2) is 34.1 Å². The van der Waals surface area contributed by atoms with Crippen molar-refractivity contribution in [3.63, 3.8) is 0 Å². The van der Waals surface area contributed by atoms with Crippen LogP contribution in [0.3, 0.4) is 0 Å². The molecule has 0 radical (unpaired) electrons. The topological polar surface area (TPSA) is 82.7 Å². The van der Waals surface area contributed by atoms with E-state index in [0.717, 1.165) is 0 Å². The normalized spacial score (nSPS) is 23.2. The summed E-state index contributed by atoms with van der Waals surface area (Å²) in [6, 6.07) is 13.0. The van der Waals surface area contributed by atoms with Crippen molar-refractivity contribution < 1.29 is 9.18 Å². The van der Waals surface area contributed by atoms with Crippen molar-refractivity contribution in [2.75, 3.05) is 6.54 Å². The van der Waals surface area contributed by atoms with Crippen molar-refractivity contribution in [3.8, 4) is 6.07 Å². The monoisotopic (exact) mass is 555 g/mol. The molecule has 1 aliphatic rings. The van der Waals surface area contributed by atoms with Gasteiger partial charge in [-0.3, -0.25) is 4.79 Å². The highest BCUT2D eigenvalue weighted by Gasteiger charge is 2.60. The number of carbonyl (C=O) groups is 1. The molecular weight excluding hydrogens is 524 g/mol. The highest BCUT2D eigenvalue weighted by atomic mass is 35.5. The van der Waals surface area contributed by atoms with Crippen LogP contribution < -0.4 is 10.6 Å². The highest BCUT2D eigenvalue weighted by Crippen LogP contribution is 2.52. The molecular formula is C29H32Cl2FN5O. The zero-order valence-electron chi connectivity index (χ0n) is 21.7. The Balaban J connectivity index is 1.77. The van der Waals surface area contributed by atoms with Gasteiger partial charge in [0.2, 0.25) is 5.91 Å². The van der Waals surface area contributed by atoms with Gasteiger partial charge in [-0.05, 0) is 47.6 Å². The summed E-state index contributed by atoms with van der Waals surface area (Å²) in [6.45, 7) is 7.36. The van der Waals surface area contributed by atoms with E-state index in [1.165, 1.54) is 6.07 Å². The van der Waals surface area contributed by atoms with E-state index in [0.29, 0.717) is 36.5 Å². The van der Waals surface area contributed by atoms with Crippen LogP contribution in [0.25, 0.3) is 0 Å². The molecule has 2 N–H and O–H groups in total. The first-order valence-corrected chi connectivity index (χ1v) is 13.4. The Morgan fingerprint density at radius 2 is 1.97 bits per heavy atom. The van der Waals surface area contributed by atoms with E-state index in [-0.39, 0.29) is 21.9 Å². The second-order valence-electron chi connectivity index (χ2n) is 11.0. The van der Waals surface area contributed by atoms with Crippen molar-refractivity contribution in [2.24, 2.45) is 5.41 Å². The first kappa shape index (κ1) is 28.1. The van der Waals surface area contributed by atoms with Gasteiger partial charge >= 0.3 is 0 Å². The highest BCUT2D eigenvalue weighted by molar-refractivity contribution is 6.31. The van der Waals surface area contributed by atoms with Crippen molar-refractivity contribution in [1.29, 1.82) is 5.26 Å². The molecule has 1 fully saturated rings. The fraction of sp³-hybridized carbons (Fsp3) is 0.414. The molecule has 4 rings (SSSR count). The maximum Gasteiger partial charge on any atom is 0.237 e. The van der Waals surface area contributed by atoms with E-state index < -0.39 is 29.2 Å². The van der Waals surface area contributed by atoms with E-state index in [2.05, 4.69) is 42.5 Å². The summed E-state index contributed by atoms with van der Waals surface area (Å²) < 4.78 is 17.6. The lowest BCUT2D eigenvalue weighted by molar-refractivity contribution is -0.123. The largest absolute Gasteiger partial charge is 0.355 e. The second kappa shape index (κ2) is 11.4. The average molecular weight is 557 g/mol. The smallest absolute Gasteiger partial charge is 0.237 e. The molecule has 38 heavy (non-hydrogen) atoms. The minimum Gasteiger partial charge on any atom is -0.355 e. The number of aryl methyl sites for hydroxylation is 1. The first-order valence-electron chi connectivity index (χ1n) is 12.7. The van der Waals surface area contributed by atoms with Crippen LogP contribution in [-0.2, 0) is 16.8 Å². The second-order valence-corrected chi connectivity index (χ2v) is 11.9. The number of rotatable bonds is 8. The van der Waals surface area contributed by atoms with Gasteiger partial charge in [-0.1, -0.05) is 68.2 Å². The first-order chi connectivity index (χ1) is 18.1. The number of nitrogens with one attached hydrogen (secondary N) is 2. The van der Waals surface area contributed by atoms with Crippen molar-refractivity contribution in [3.05, 3.63) is 88.2 Å².